The first-order valence-electron chi connectivity index (χ1n) is 19.3. The fourth-order valence-electron chi connectivity index (χ4n) is 6.64. The van der Waals surface area contributed by atoms with Crippen LogP contribution in [0.1, 0.15) is 66.6 Å². The molecule has 2 aromatic carbocycles. The van der Waals surface area contributed by atoms with Crippen molar-refractivity contribution in [1.82, 2.24) is 5.48 Å². The lowest BCUT2D eigenvalue weighted by Crippen LogP contribution is -2.74. The lowest BCUT2D eigenvalue weighted by atomic mass is 9.88. The molecule has 0 aliphatic heterocycles. The van der Waals surface area contributed by atoms with Crippen LogP contribution in [0.5, 0.6) is 5.75 Å². The predicted molar refractivity (Wildman–Crippen MR) is 201 cm³/mol. The van der Waals surface area contributed by atoms with Gasteiger partial charge in [-0.1, -0.05) is 52.3 Å². The molecule has 2 amide bonds. The minimum atomic E-state index is -8.73. The first-order chi connectivity index (χ1) is 30.2. The molecule has 2 aromatic rings. The molecule has 0 aromatic heterocycles. The Hall–Kier alpha value is -4.47. The molecule has 0 spiro atoms. The Morgan fingerprint density at radius 2 is 1.15 bits per heavy atom. The molecule has 0 heterocycles. The normalized spacial score (nSPS) is 15.3. The number of hydrogen-bond donors (Lipinski definition) is 3. The van der Waals surface area contributed by atoms with E-state index in [1.165, 1.54) is 78.2 Å². The van der Waals surface area contributed by atoms with Crippen LogP contribution >= 0.6 is 0 Å². The van der Waals surface area contributed by atoms with Gasteiger partial charge < -0.3 is 13.9 Å². The summed E-state index contributed by atoms with van der Waals surface area (Å²) >= 11 is 0. The van der Waals surface area contributed by atoms with E-state index in [2.05, 4.69) is 5.32 Å². The molecule has 0 bridgehead atoms. The number of ether oxygens (including phenoxy) is 2. The molecular formula is C39H43F19N2O6Si. The standard InChI is InChI=1S/C39H43F19N2O6Si/c1-19(2)67(20(3)4,17-14-32(42,43)33(44,45)34(46,47)35(48,49)36(50,51)37(52,53)38(54,55)39(56,57)58)65-16-15-64-26-11-8-24(9-12-26)29(22(6)21(5)23(7)30(61)60-63)66-31(62)59-28-13-10-25(40)18-27(28)41/h8-13,18-20,22,29,63H,14-17H2,1-7H3,(H,59,62)(H,60,61)/b23-21+/t22-,29-/m0/s1. The molecule has 2 rings (SSSR count). The van der Waals surface area contributed by atoms with Crippen LogP contribution in [0.3, 0.4) is 0 Å². The predicted octanol–water partition coefficient (Wildman–Crippen LogP) is 13.3. The molecule has 67 heavy (non-hydrogen) atoms. The van der Waals surface area contributed by atoms with E-state index in [1.807, 2.05) is 0 Å². The summed E-state index contributed by atoms with van der Waals surface area (Å²) in [6, 6.07) is 6.07. The van der Waals surface area contributed by atoms with Crippen molar-refractivity contribution < 1.29 is 112 Å². The fourth-order valence-corrected chi connectivity index (χ4v) is 11.1. The molecule has 0 saturated heterocycles. The molecule has 2 atom stereocenters. The van der Waals surface area contributed by atoms with Crippen molar-refractivity contribution >= 4 is 26.0 Å². The Balaban J connectivity index is 2.36. The van der Waals surface area contributed by atoms with Crippen molar-refractivity contribution in [3.05, 3.63) is 70.8 Å². The third kappa shape index (κ3) is 11.4. The van der Waals surface area contributed by atoms with E-state index >= 15 is 8.78 Å². The van der Waals surface area contributed by atoms with Crippen molar-refractivity contribution in [2.45, 2.75) is 126 Å². The van der Waals surface area contributed by atoms with Crippen molar-refractivity contribution in [1.29, 1.82) is 0 Å². The van der Waals surface area contributed by atoms with Crippen LogP contribution in [0.4, 0.5) is 93.9 Å². The zero-order chi connectivity index (χ0) is 52.3. The van der Waals surface area contributed by atoms with Crippen LogP contribution in [0.2, 0.25) is 17.1 Å². The van der Waals surface area contributed by atoms with Gasteiger partial charge in [0.2, 0.25) is 0 Å². The average Bonchev–Trinajstić information content (AvgIpc) is 3.21. The number of alkyl halides is 17. The second-order valence-corrected chi connectivity index (χ2v) is 20.8. The van der Waals surface area contributed by atoms with E-state index in [0.29, 0.717) is 6.07 Å². The van der Waals surface area contributed by atoms with Crippen LogP contribution in [-0.2, 0) is 14.0 Å². The molecule has 382 valence electrons. The van der Waals surface area contributed by atoms with Crippen molar-refractivity contribution in [3.63, 3.8) is 0 Å². The fraction of sp³-hybridized carbons (Fsp3) is 0.590. The van der Waals surface area contributed by atoms with Gasteiger partial charge in [-0.05, 0) is 60.8 Å². The highest BCUT2D eigenvalue weighted by Gasteiger charge is 2.95. The van der Waals surface area contributed by atoms with Crippen LogP contribution in [0.25, 0.3) is 0 Å². The number of anilines is 1. The molecule has 0 unspecified atom stereocenters. The van der Waals surface area contributed by atoms with Crippen LogP contribution in [0, 0.1) is 17.6 Å². The van der Waals surface area contributed by atoms with E-state index in [1.54, 1.807) is 0 Å². The Labute approximate surface area is 370 Å². The Morgan fingerprint density at radius 3 is 1.60 bits per heavy atom. The van der Waals surface area contributed by atoms with Gasteiger partial charge in [-0.15, -0.1) is 0 Å². The van der Waals surface area contributed by atoms with Gasteiger partial charge >= 0.3 is 53.7 Å². The van der Waals surface area contributed by atoms with Gasteiger partial charge in [0.1, 0.15) is 30.1 Å². The number of nitrogens with one attached hydrogen (secondary N) is 2. The third-order valence-electron chi connectivity index (χ3n) is 11.1. The van der Waals surface area contributed by atoms with E-state index in [0.717, 1.165) is 12.1 Å². The van der Waals surface area contributed by atoms with E-state index < -0.39 is 134 Å². The van der Waals surface area contributed by atoms with Crippen LogP contribution in [0.15, 0.2) is 53.6 Å². The Morgan fingerprint density at radius 1 is 0.672 bits per heavy atom. The summed E-state index contributed by atoms with van der Waals surface area (Å²) in [5, 5.41) is 11.2. The van der Waals surface area contributed by atoms with Gasteiger partial charge in [0, 0.05) is 24.0 Å². The smallest absolute Gasteiger partial charge is 0.460 e. The third-order valence-corrected chi connectivity index (χ3v) is 16.8. The Bertz CT molecular complexity index is 2060. The number of rotatable bonds is 22. The summed E-state index contributed by atoms with van der Waals surface area (Å²) in [4.78, 5) is 25.0. The zero-order valence-electron chi connectivity index (χ0n) is 35.8. The Kier molecular flexibility index (Phi) is 18.1. The average molecular weight is 1020 g/mol. The van der Waals surface area contributed by atoms with Gasteiger partial charge in [-0.25, -0.2) is 19.1 Å². The second kappa shape index (κ2) is 20.6. The number of amides is 2. The number of hydrogen-bond acceptors (Lipinski definition) is 6. The van der Waals surface area contributed by atoms with Gasteiger partial charge in [0.15, 0.2) is 8.32 Å². The zero-order valence-corrected chi connectivity index (χ0v) is 36.8. The number of benzene rings is 2. The van der Waals surface area contributed by atoms with E-state index in [4.69, 9.17) is 19.1 Å². The maximum Gasteiger partial charge on any atom is 0.460 e. The summed E-state index contributed by atoms with van der Waals surface area (Å²) in [5.41, 5.74) is -0.425. The highest BCUT2D eigenvalue weighted by atomic mass is 28.4. The minimum Gasteiger partial charge on any atom is -0.491 e. The summed E-state index contributed by atoms with van der Waals surface area (Å²) in [6.07, 6.45) is -13.0. The number of halogens is 19. The van der Waals surface area contributed by atoms with Crippen molar-refractivity contribution in [3.8, 4) is 5.75 Å². The maximum absolute atomic E-state index is 15.0. The highest BCUT2D eigenvalue weighted by molar-refractivity contribution is 6.76. The molecule has 0 aliphatic rings. The van der Waals surface area contributed by atoms with Crippen molar-refractivity contribution in [2.24, 2.45) is 5.92 Å². The topological polar surface area (TPSA) is 106 Å². The number of hydroxylamine groups is 1. The summed E-state index contributed by atoms with van der Waals surface area (Å²) in [7, 11) is -4.08. The highest BCUT2D eigenvalue weighted by Crippen LogP contribution is 2.64. The van der Waals surface area contributed by atoms with Gasteiger partial charge in [0.25, 0.3) is 5.91 Å². The van der Waals surface area contributed by atoms with Crippen LogP contribution in [-0.4, -0.2) is 86.4 Å². The second-order valence-electron chi connectivity index (χ2n) is 15.8. The molecular weight excluding hydrogens is 981 g/mol. The van der Waals surface area contributed by atoms with E-state index in [-0.39, 0.29) is 22.5 Å². The monoisotopic (exact) mass is 1020 g/mol. The minimum absolute atomic E-state index is 0.00195. The summed E-state index contributed by atoms with van der Waals surface area (Å²) in [6.45, 7) is 8.29. The molecule has 0 saturated carbocycles. The van der Waals surface area contributed by atoms with Crippen LogP contribution < -0.4 is 15.5 Å². The molecule has 28 heteroatoms. The van der Waals surface area contributed by atoms with Gasteiger partial charge in [-0.3, -0.25) is 15.3 Å². The first-order valence-corrected chi connectivity index (χ1v) is 21.6. The molecule has 3 N–H and O–H groups in total. The summed E-state index contributed by atoms with van der Waals surface area (Å²) < 4.78 is 280. The van der Waals surface area contributed by atoms with Gasteiger partial charge in [-0.2, -0.15) is 74.6 Å². The quantitative estimate of drug-likeness (QED) is 0.0271. The summed E-state index contributed by atoms with van der Waals surface area (Å²) in [5.74, 6) is -60.9. The molecule has 8 nitrogen and oxygen atoms in total. The number of carbonyl (C=O) groups excluding carboxylic acids is 2. The maximum atomic E-state index is 15.0. The largest absolute Gasteiger partial charge is 0.491 e. The van der Waals surface area contributed by atoms with Crippen molar-refractivity contribution in [2.75, 3.05) is 18.5 Å². The SMILES string of the molecule is C/C(C(=O)NO)=C(/C)[C@H](C)[C@H](OC(=O)Nc1ccc(F)cc1F)c1ccc(OCCO[Si](CCC(F)(F)C(F)(F)C(F)(F)C(F)(F)C(F)(F)C(F)(F)C(F)(F)C(F)(F)F)(C(C)C)C(C)C)cc1. The lowest BCUT2D eigenvalue weighted by Gasteiger charge is -2.44. The first kappa shape index (κ1) is 58.7. The number of carbonyl (C=O) groups is 2. The van der Waals surface area contributed by atoms with E-state index in [9.17, 15) is 84.2 Å². The lowest BCUT2D eigenvalue weighted by molar-refractivity contribution is -0.461. The van der Waals surface area contributed by atoms with Gasteiger partial charge in [0.05, 0.1) is 12.3 Å². The molecule has 0 fully saturated rings. The molecule has 0 aliphatic carbocycles. The molecule has 0 radical (unpaired) electrons.